The molecule has 13 heavy (non-hydrogen) atoms. The van der Waals surface area contributed by atoms with Crippen LogP contribution in [0.5, 0.6) is 0 Å². The monoisotopic (exact) mass is 193 g/mol. The lowest BCUT2D eigenvalue weighted by Gasteiger charge is -2.13. The van der Waals surface area contributed by atoms with Gasteiger partial charge in [0.1, 0.15) is 6.10 Å². The highest BCUT2D eigenvalue weighted by Crippen LogP contribution is 1.97. The third-order valence-electron chi connectivity index (χ3n) is 1.38. The quantitative estimate of drug-likeness (QED) is 0.349. The zero-order valence-electron chi connectivity index (χ0n) is 7.22. The van der Waals surface area contributed by atoms with Crippen molar-refractivity contribution in [1.29, 1.82) is 0 Å². The molecule has 0 aromatic heterocycles. The standard InChI is InChI=1S/C7H15NO5/c8-2-5(11)1-7(12)13-6(3-9)4-10/h5-6,9-11H,1-4,8H2. The molecule has 0 aliphatic rings. The fraction of sp³-hybridized carbons (Fsp3) is 0.857. The molecule has 0 bridgehead atoms. The lowest BCUT2D eigenvalue weighted by atomic mass is 10.2. The van der Waals surface area contributed by atoms with Gasteiger partial charge in [-0.1, -0.05) is 0 Å². The van der Waals surface area contributed by atoms with Crippen molar-refractivity contribution in [2.75, 3.05) is 19.8 Å². The zero-order chi connectivity index (χ0) is 10.3. The molecule has 0 aromatic rings. The molecule has 1 unspecified atom stereocenters. The normalized spacial score (nSPS) is 13.0. The van der Waals surface area contributed by atoms with Gasteiger partial charge in [0, 0.05) is 6.54 Å². The van der Waals surface area contributed by atoms with Crippen LogP contribution >= 0.6 is 0 Å². The van der Waals surface area contributed by atoms with E-state index in [0.29, 0.717) is 0 Å². The number of rotatable bonds is 6. The van der Waals surface area contributed by atoms with Crippen molar-refractivity contribution in [3.05, 3.63) is 0 Å². The van der Waals surface area contributed by atoms with Crippen molar-refractivity contribution in [1.82, 2.24) is 0 Å². The summed E-state index contributed by atoms with van der Waals surface area (Å²) in [4.78, 5) is 10.9. The van der Waals surface area contributed by atoms with Crippen molar-refractivity contribution in [2.24, 2.45) is 5.73 Å². The zero-order valence-corrected chi connectivity index (χ0v) is 7.22. The molecule has 0 amide bonds. The summed E-state index contributed by atoms with van der Waals surface area (Å²) in [5, 5.41) is 26.0. The number of carbonyl (C=O) groups excluding carboxylic acids is 1. The molecule has 78 valence electrons. The van der Waals surface area contributed by atoms with Crippen LogP contribution in [-0.4, -0.2) is 53.3 Å². The van der Waals surface area contributed by atoms with Gasteiger partial charge in [-0.15, -0.1) is 0 Å². The fourth-order valence-corrected chi connectivity index (χ4v) is 0.642. The van der Waals surface area contributed by atoms with Crippen LogP contribution in [0.3, 0.4) is 0 Å². The average molecular weight is 193 g/mol. The molecule has 0 radical (unpaired) electrons. The largest absolute Gasteiger partial charge is 0.457 e. The van der Waals surface area contributed by atoms with Crippen molar-refractivity contribution in [3.63, 3.8) is 0 Å². The van der Waals surface area contributed by atoms with E-state index in [-0.39, 0.29) is 13.0 Å². The molecule has 0 aliphatic heterocycles. The Morgan fingerprint density at radius 3 is 2.31 bits per heavy atom. The van der Waals surface area contributed by atoms with E-state index in [1.807, 2.05) is 0 Å². The maximum Gasteiger partial charge on any atom is 0.308 e. The number of esters is 1. The summed E-state index contributed by atoms with van der Waals surface area (Å²) in [6, 6.07) is 0. The molecular weight excluding hydrogens is 178 g/mol. The molecule has 5 N–H and O–H groups in total. The van der Waals surface area contributed by atoms with Gasteiger partial charge in [-0.3, -0.25) is 4.79 Å². The van der Waals surface area contributed by atoms with Gasteiger partial charge in [0.25, 0.3) is 0 Å². The number of aliphatic hydroxyl groups is 3. The summed E-state index contributed by atoms with van der Waals surface area (Å²) in [5.74, 6) is -0.689. The molecular formula is C7H15NO5. The van der Waals surface area contributed by atoms with Crippen LogP contribution in [0.1, 0.15) is 6.42 Å². The van der Waals surface area contributed by atoms with Crippen LogP contribution < -0.4 is 5.73 Å². The maximum absolute atomic E-state index is 10.9. The molecule has 0 rings (SSSR count). The second-order valence-electron chi connectivity index (χ2n) is 2.57. The first kappa shape index (κ1) is 12.3. The second-order valence-corrected chi connectivity index (χ2v) is 2.57. The minimum atomic E-state index is -0.939. The molecule has 0 aliphatic carbocycles. The van der Waals surface area contributed by atoms with Gasteiger partial charge in [0.15, 0.2) is 0 Å². The van der Waals surface area contributed by atoms with E-state index in [4.69, 9.17) is 21.1 Å². The molecule has 1 atom stereocenters. The first-order valence-corrected chi connectivity index (χ1v) is 3.93. The number of nitrogens with two attached hydrogens (primary N) is 1. The predicted octanol–water partition coefficient (Wildman–Crippen LogP) is -2.41. The Hall–Kier alpha value is -0.690. The number of hydrogen-bond acceptors (Lipinski definition) is 6. The summed E-state index contributed by atoms with van der Waals surface area (Å²) in [6.07, 6.45) is -2.09. The summed E-state index contributed by atoms with van der Waals surface area (Å²) in [7, 11) is 0. The molecule has 0 heterocycles. The molecule has 0 aromatic carbocycles. The number of carbonyl (C=O) groups is 1. The number of hydrogen-bond donors (Lipinski definition) is 4. The molecule has 0 spiro atoms. The molecule has 0 saturated carbocycles. The van der Waals surface area contributed by atoms with Crippen molar-refractivity contribution >= 4 is 5.97 Å². The van der Waals surface area contributed by atoms with E-state index in [9.17, 15) is 4.79 Å². The topological polar surface area (TPSA) is 113 Å². The van der Waals surface area contributed by atoms with Gasteiger partial charge >= 0.3 is 5.97 Å². The van der Waals surface area contributed by atoms with Crippen molar-refractivity contribution < 1.29 is 24.9 Å². The van der Waals surface area contributed by atoms with E-state index in [1.165, 1.54) is 0 Å². The van der Waals surface area contributed by atoms with Gasteiger partial charge in [-0.2, -0.15) is 0 Å². The molecule has 6 nitrogen and oxygen atoms in total. The Bertz CT molecular complexity index is 148. The predicted molar refractivity (Wildman–Crippen MR) is 43.7 cm³/mol. The minimum Gasteiger partial charge on any atom is -0.457 e. The number of ether oxygens (including phenoxy) is 1. The Morgan fingerprint density at radius 1 is 1.38 bits per heavy atom. The lowest BCUT2D eigenvalue weighted by molar-refractivity contribution is -0.155. The van der Waals surface area contributed by atoms with Crippen LogP contribution in [0.2, 0.25) is 0 Å². The third kappa shape index (κ3) is 5.53. The molecule has 0 fully saturated rings. The van der Waals surface area contributed by atoms with Crippen LogP contribution in [0, 0.1) is 0 Å². The van der Waals surface area contributed by atoms with Crippen LogP contribution in [0.4, 0.5) is 0 Å². The Kier molecular flexibility index (Phi) is 6.43. The van der Waals surface area contributed by atoms with Gasteiger partial charge in [-0.05, 0) is 0 Å². The van der Waals surface area contributed by atoms with Gasteiger partial charge < -0.3 is 25.8 Å². The first-order valence-electron chi connectivity index (χ1n) is 3.93. The van der Waals surface area contributed by atoms with E-state index in [0.717, 1.165) is 0 Å². The summed E-state index contributed by atoms with van der Waals surface area (Å²) < 4.78 is 4.57. The molecule has 0 saturated heterocycles. The Morgan fingerprint density at radius 2 is 1.92 bits per heavy atom. The van der Waals surface area contributed by atoms with Crippen LogP contribution in [0.15, 0.2) is 0 Å². The average Bonchev–Trinajstić information content (AvgIpc) is 2.13. The minimum absolute atomic E-state index is 0.0297. The van der Waals surface area contributed by atoms with Crippen molar-refractivity contribution in [3.8, 4) is 0 Å². The van der Waals surface area contributed by atoms with Gasteiger partial charge in [0.2, 0.25) is 0 Å². The lowest BCUT2D eigenvalue weighted by Crippen LogP contribution is -2.29. The fourth-order valence-electron chi connectivity index (χ4n) is 0.642. The van der Waals surface area contributed by atoms with Crippen molar-refractivity contribution in [2.45, 2.75) is 18.6 Å². The van der Waals surface area contributed by atoms with Crippen LogP contribution in [-0.2, 0) is 9.53 Å². The third-order valence-corrected chi connectivity index (χ3v) is 1.38. The second kappa shape index (κ2) is 6.79. The summed E-state index contributed by atoms with van der Waals surface area (Å²) in [5.41, 5.74) is 5.06. The SMILES string of the molecule is NCC(O)CC(=O)OC(CO)CO. The smallest absolute Gasteiger partial charge is 0.308 e. The van der Waals surface area contributed by atoms with E-state index in [1.54, 1.807) is 0 Å². The van der Waals surface area contributed by atoms with E-state index >= 15 is 0 Å². The van der Waals surface area contributed by atoms with E-state index in [2.05, 4.69) is 4.74 Å². The Balaban J connectivity index is 3.72. The van der Waals surface area contributed by atoms with Gasteiger partial charge in [-0.25, -0.2) is 0 Å². The molecule has 6 heteroatoms. The number of aliphatic hydroxyl groups excluding tert-OH is 3. The maximum atomic E-state index is 10.9. The van der Waals surface area contributed by atoms with E-state index < -0.39 is 31.4 Å². The highest BCUT2D eigenvalue weighted by molar-refractivity contribution is 5.70. The summed E-state index contributed by atoms with van der Waals surface area (Å²) >= 11 is 0. The Labute approximate surface area is 75.9 Å². The highest BCUT2D eigenvalue weighted by Gasteiger charge is 2.15. The van der Waals surface area contributed by atoms with Gasteiger partial charge in [0.05, 0.1) is 25.7 Å². The highest BCUT2D eigenvalue weighted by atomic mass is 16.6. The van der Waals surface area contributed by atoms with Crippen LogP contribution in [0.25, 0.3) is 0 Å². The first-order chi connectivity index (χ1) is 6.13. The summed E-state index contributed by atoms with van der Waals surface area (Å²) in [6.45, 7) is -0.917.